The van der Waals surface area contributed by atoms with E-state index in [1.54, 1.807) is 18.5 Å². The van der Waals surface area contributed by atoms with E-state index in [4.69, 9.17) is 5.26 Å². The lowest BCUT2D eigenvalue weighted by Crippen LogP contribution is -2.49. The topological polar surface area (TPSA) is 64.8 Å². The molecule has 4 fully saturated rings. The van der Waals surface area contributed by atoms with Crippen LogP contribution in [0.1, 0.15) is 60.9 Å². The van der Waals surface area contributed by atoms with Crippen LogP contribution in [-0.2, 0) is 19.5 Å². The Morgan fingerprint density at radius 2 is 1.88 bits per heavy atom. The summed E-state index contributed by atoms with van der Waals surface area (Å²) >= 11 is 0. The fraction of sp³-hybridized carbons (Fsp3) is 0.577. The molecule has 32 heavy (non-hydrogen) atoms. The van der Waals surface area contributed by atoms with E-state index >= 15 is 0 Å². The highest BCUT2D eigenvalue weighted by atomic mass is 19.1. The van der Waals surface area contributed by atoms with E-state index in [0.717, 1.165) is 60.9 Å². The first kappa shape index (κ1) is 20.1. The van der Waals surface area contributed by atoms with E-state index in [2.05, 4.69) is 20.2 Å². The zero-order valence-corrected chi connectivity index (χ0v) is 18.5. The van der Waals surface area contributed by atoms with Gasteiger partial charge in [0.15, 0.2) is 0 Å². The molecule has 4 saturated carbocycles. The van der Waals surface area contributed by atoms with Gasteiger partial charge in [0.25, 0.3) is 0 Å². The molecule has 0 amide bonds. The predicted octanol–water partition coefficient (Wildman–Crippen LogP) is 4.67. The van der Waals surface area contributed by atoms with Gasteiger partial charge in [0.2, 0.25) is 0 Å². The first-order valence-corrected chi connectivity index (χ1v) is 12.1. The number of halogens is 1. The minimum absolute atomic E-state index is 0.110. The summed E-state index contributed by atoms with van der Waals surface area (Å²) in [5.74, 6) is 3.46. The second-order valence-corrected chi connectivity index (χ2v) is 10.8. The second kappa shape index (κ2) is 7.81. The lowest BCUT2D eigenvalue weighted by molar-refractivity contribution is -0.0444. The summed E-state index contributed by atoms with van der Waals surface area (Å²) < 4.78 is 13.6. The maximum Gasteiger partial charge on any atom is 0.140 e. The molecule has 1 N–H and O–H groups in total. The van der Waals surface area contributed by atoms with Crippen LogP contribution >= 0.6 is 0 Å². The lowest BCUT2D eigenvalue weighted by atomic mass is 9.49. The SMILES string of the molecule is N#Cc1cc(CN2CCc3c(ncnc3NCC34CC5CC(CC(C5)C3)C4)C2)ccc1F. The van der Waals surface area contributed by atoms with Gasteiger partial charge in [-0.25, -0.2) is 14.4 Å². The molecule has 0 unspecified atom stereocenters. The van der Waals surface area contributed by atoms with Crippen molar-refractivity contribution in [1.82, 2.24) is 14.9 Å². The van der Waals surface area contributed by atoms with Gasteiger partial charge in [0, 0.05) is 31.7 Å². The van der Waals surface area contributed by atoms with Crippen molar-refractivity contribution in [2.45, 2.75) is 58.0 Å². The van der Waals surface area contributed by atoms with E-state index < -0.39 is 5.82 Å². The molecule has 1 aromatic heterocycles. The number of nitrogens with zero attached hydrogens (tertiary/aromatic N) is 4. The third-order valence-electron chi connectivity index (χ3n) is 8.44. The molecule has 166 valence electrons. The third-order valence-corrected chi connectivity index (χ3v) is 8.44. The molecule has 1 aromatic carbocycles. The summed E-state index contributed by atoms with van der Waals surface area (Å²) in [6, 6.07) is 6.75. The number of aromatic nitrogens is 2. The Morgan fingerprint density at radius 1 is 1.12 bits per heavy atom. The van der Waals surface area contributed by atoms with Gasteiger partial charge in [0.05, 0.1) is 11.3 Å². The monoisotopic (exact) mass is 431 g/mol. The quantitative estimate of drug-likeness (QED) is 0.745. The standard InChI is InChI=1S/C26H30FN5/c27-23-2-1-17(8-21(23)12-28)13-32-4-3-22-24(14-32)30-16-31-25(22)29-15-26-9-18-5-19(10-26)7-20(6-18)11-26/h1-2,8,16,18-20H,3-7,9-11,13-15H2,(H,29,30,31). The van der Waals surface area contributed by atoms with Gasteiger partial charge in [0.1, 0.15) is 24.0 Å². The number of hydrogen-bond donors (Lipinski definition) is 1. The van der Waals surface area contributed by atoms with Crippen molar-refractivity contribution >= 4 is 5.82 Å². The van der Waals surface area contributed by atoms with Crippen molar-refractivity contribution < 1.29 is 4.39 Å². The molecule has 0 radical (unpaired) electrons. The Balaban J connectivity index is 1.14. The molecule has 1 aliphatic heterocycles. The summed E-state index contributed by atoms with van der Waals surface area (Å²) in [6.45, 7) is 3.40. The number of nitrogens with one attached hydrogen (secondary N) is 1. The number of rotatable bonds is 5. The molecule has 7 rings (SSSR count). The zero-order chi connectivity index (χ0) is 21.7. The average molecular weight is 432 g/mol. The number of nitriles is 1. The van der Waals surface area contributed by atoms with Gasteiger partial charge in [-0.15, -0.1) is 0 Å². The van der Waals surface area contributed by atoms with Crippen molar-refractivity contribution in [2.75, 3.05) is 18.4 Å². The van der Waals surface area contributed by atoms with Gasteiger partial charge in [-0.1, -0.05) is 6.07 Å². The molecule has 5 aliphatic rings. The van der Waals surface area contributed by atoms with Crippen LogP contribution in [-0.4, -0.2) is 28.0 Å². The molecule has 2 heterocycles. The van der Waals surface area contributed by atoms with E-state index in [1.165, 1.54) is 50.2 Å². The van der Waals surface area contributed by atoms with Crippen molar-refractivity contribution in [1.29, 1.82) is 5.26 Å². The number of anilines is 1. The fourth-order valence-electron chi connectivity index (χ4n) is 7.49. The number of benzene rings is 1. The molecule has 6 heteroatoms. The average Bonchev–Trinajstić information content (AvgIpc) is 2.78. The number of fused-ring (bicyclic) bond motifs is 1. The summed E-state index contributed by atoms with van der Waals surface area (Å²) in [7, 11) is 0. The largest absolute Gasteiger partial charge is 0.369 e. The Morgan fingerprint density at radius 3 is 2.59 bits per heavy atom. The minimum Gasteiger partial charge on any atom is -0.369 e. The molecular formula is C26H30FN5. The first-order valence-electron chi connectivity index (χ1n) is 12.1. The van der Waals surface area contributed by atoms with Crippen molar-refractivity contribution in [3.05, 3.63) is 52.7 Å². The van der Waals surface area contributed by atoms with E-state index in [-0.39, 0.29) is 5.56 Å². The normalized spacial score (nSPS) is 30.7. The maximum absolute atomic E-state index is 13.6. The Kier molecular flexibility index (Phi) is 4.91. The van der Waals surface area contributed by atoms with Crippen LogP contribution in [0.3, 0.4) is 0 Å². The van der Waals surface area contributed by atoms with Crippen LogP contribution in [0.4, 0.5) is 10.2 Å². The Bertz CT molecular complexity index is 1040. The van der Waals surface area contributed by atoms with Crippen molar-refractivity contribution in [3.63, 3.8) is 0 Å². The molecule has 4 bridgehead atoms. The zero-order valence-electron chi connectivity index (χ0n) is 18.5. The van der Waals surface area contributed by atoms with Gasteiger partial charge in [-0.3, -0.25) is 4.90 Å². The van der Waals surface area contributed by atoms with E-state index in [1.807, 2.05) is 6.07 Å². The highest BCUT2D eigenvalue weighted by Gasteiger charge is 2.50. The molecule has 5 nitrogen and oxygen atoms in total. The fourth-order valence-corrected chi connectivity index (χ4v) is 7.49. The van der Waals surface area contributed by atoms with Crippen LogP contribution in [0.5, 0.6) is 0 Å². The summed E-state index contributed by atoms with van der Waals surface area (Å²) in [5, 5.41) is 12.9. The van der Waals surface area contributed by atoms with Gasteiger partial charge in [-0.05, 0) is 85.8 Å². The highest BCUT2D eigenvalue weighted by Crippen LogP contribution is 2.59. The number of hydrogen-bond acceptors (Lipinski definition) is 5. The van der Waals surface area contributed by atoms with Gasteiger partial charge >= 0.3 is 0 Å². The van der Waals surface area contributed by atoms with E-state index in [9.17, 15) is 4.39 Å². The predicted molar refractivity (Wildman–Crippen MR) is 120 cm³/mol. The van der Waals surface area contributed by atoms with Crippen LogP contribution in [0.2, 0.25) is 0 Å². The molecule has 2 aromatic rings. The molecular weight excluding hydrogens is 401 g/mol. The Labute approximate surface area is 189 Å². The van der Waals surface area contributed by atoms with Gasteiger partial charge in [-0.2, -0.15) is 5.26 Å². The van der Waals surface area contributed by atoms with E-state index in [0.29, 0.717) is 12.0 Å². The van der Waals surface area contributed by atoms with Crippen molar-refractivity contribution in [3.8, 4) is 6.07 Å². The summed E-state index contributed by atoms with van der Waals surface area (Å²) in [5.41, 5.74) is 3.89. The third kappa shape index (κ3) is 3.67. The molecule has 4 aliphatic carbocycles. The minimum atomic E-state index is -0.456. The van der Waals surface area contributed by atoms with Crippen LogP contribution in [0.25, 0.3) is 0 Å². The van der Waals surface area contributed by atoms with Crippen LogP contribution < -0.4 is 5.32 Å². The van der Waals surface area contributed by atoms with Crippen LogP contribution in [0, 0.1) is 40.3 Å². The summed E-state index contributed by atoms with van der Waals surface area (Å²) in [6.07, 6.45) is 11.2. The lowest BCUT2D eigenvalue weighted by Gasteiger charge is -2.57. The molecule has 0 saturated heterocycles. The summed E-state index contributed by atoms with van der Waals surface area (Å²) in [4.78, 5) is 11.5. The highest BCUT2D eigenvalue weighted by molar-refractivity contribution is 5.47. The smallest absolute Gasteiger partial charge is 0.140 e. The van der Waals surface area contributed by atoms with Crippen molar-refractivity contribution in [2.24, 2.45) is 23.2 Å². The second-order valence-electron chi connectivity index (χ2n) is 10.8. The Hall–Kier alpha value is -2.52. The maximum atomic E-state index is 13.6. The van der Waals surface area contributed by atoms with Crippen LogP contribution in [0.15, 0.2) is 24.5 Å². The molecule has 0 spiro atoms. The van der Waals surface area contributed by atoms with Gasteiger partial charge < -0.3 is 5.32 Å². The molecule has 0 atom stereocenters. The first-order chi connectivity index (χ1) is 15.6.